The molecule has 0 radical (unpaired) electrons. The van der Waals surface area contributed by atoms with Crippen molar-refractivity contribution in [2.45, 2.75) is 13.5 Å². The fraction of sp³-hybridized carbons (Fsp3) is 0.188. The van der Waals surface area contributed by atoms with Gasteiger partial charge in [0, 0.05) is 24.8 Å². The highest BCUT2D eigenvalue weighted by molar-refractivity contribution is 7.80. The molecule has 0 fully saturated rings. The van der Waals surface area contributed by atoms with Crippen LogP contribution < -0.4 is 10.6 Å². The van der Waals surface area contributed by atoms with Crippen molar-refractivity contribution in [3.8, 4) is 0 Å². The van der Waals surface area contributed by atoms with Gasteiger partial charge in [-0.1, -0.05) is 30.4 Å². The van der Waals surface area contributed by atoms with Gasteiger partial charge in [0.1, 0.15) is 10.8 Å². The Kier molecular flexibility index (Phi) is 4.35. The zero-order valence-corrected chi connectivity index (χ0v) is 12.4. The maximum Gasteiger partial charge on any atom is 0.123 e. The Morgan fingerprint density at radius 3 is 2.65 bits per heavy atom. The van der Waals surface area contributed by atoms with Crippen LogP contribution in [0.5, 0.6) is 0 Å². The van der Waals surface area contributed by atoms with Crippen molar-refractivity contribution in [2.75, 3.05) is 11.9 Å². The molecule has 2 rings (SSSR count). The van der Waals surface area contributed by atoms with E-state index >= 15 is 0 Å². The maximum atomic E-state index is 13.3. The lowest BCUT2D eigenvalue weighted by atomic mass is 10.1. The predicted octanol–water partition coefficient (Wildman–Crippen LogP) is 3.40. The van der Waals surface area contributed by atoms with E-state index in [2.05, 4.69) is 24.0 Å². The van der Waals surface area contributed by atoms with Crippen LogP contribution in [0, 0.1) is 12.7 Å². The molecular weight excluding hydrogens is 271 g/mol. The average Bonchev–Trinajstić information content (AvgIpc) is 2.40. The van der Waals surface area contributed by atoms with Gasteiger partial charge in [-0.25, -0.2) is 4.39 Å². The lowest BCUT2D eigenvalue weighted by Gasteiger charge is -2.21. The number of halogens is 1. The Morgan fingerprint density at radius 2 is 2.00 bits per heavy atom. The monoisotopic (exact) mass is 288 g/mol. The van der Waals surface area contributed by atoms with Crippen LogP contribution in [0.2, 0.25) is 0 Å². The third-order valence-electron chi connectivity index (χ3n) is 3.19. The number of hydrogen-bond acceptors (Lipinski definition) is 2. The van der Waals surface area contributed by atoms with E-state index in [0.29, 0.717) is 12.1 Å². The molecule has 0 saturated carbocycles. The zero-order chi connectivity index (χ0) is 14.7. The van der Waals surface area contributed by atoms with E-state index in [1.165, 1.54) is 17.7 Å². The fourth-order valence-electron chi connectivity index (χ4n) is 2.13. The normalized spacial score (nSPS) is 10.3. The summed E-state index contributed by atoms with van der Waals surface area (Å²) in [5, 5.41) is 0. The Morgan fingerprint density at radius 1 is 1.25 bits per heavy atom. The Labute approximate surface area is 124 Å². The van der Waals surface area contributed by atoms with Crippen LogP contribution in [0.4, 0.5) is 10.1 Å². The van der Waals surface area contributed by atoms with Crippen molar-refractivity contribution in [3.63, 3.8) is 0 Å². The van der Waals surface area contributed by atoms with Gasteiger partial charge in [-0.15, -0.1) is 0 Å². The molecule has 0 unspecified atom stereocenters. The second-order valence-electron chi connectivity index (χ2n) is 4.86. The van der Waals surface area contributed by atoms with E-state index < -0.39 is 0 Å². The first kappa shape index (κ1) is 14.5. The van der Waals surface area contributed by atoms with Crippen LogP contribution in [0.1, 0.15) is 16.7 Å². The molecule has 0 aliphatic rings. The van der Waals surface area contributed by atoms with Crippen LogP contribution in [0.15, 0.2) is 42.5 Å². The van der Waals surface area contributed by atoms with Gasteiger partial charge in [0.15, 0.2) is 0 Å². The van der Waals surface area contributed by atoms with Gasteiger partial charge in [0.2, 0.25) is 0 Å². The number of benzene rings is 2. The van der Waals surface area contributed by atoms with Crippen molar-refractivity contribution in [1.82, 2.24) is 0 Å². The molecular formula is C16H17FN2S. The van der Waals surface area contributed by atoms with Crippen LogP contribution >= 0.6 is 12.2 Å². The highest BCUT2D eigenvalue weighted by Gasteiger charge is 2.10. The Hall–Kier alpha value is -1.94. The number of aryl methyl sites for hydroxylation is 1. The van der Waals surface area contributed by atoms with Gasteiger partial charge in [-0.05, 0) is 42.3 Å². The quantitative estimate of drug-likeness (QED) is 0.874. The lowest BCUT2D eigenvalue weighted by Crippen LogP contribution is -2.20. The Balaban J connectivity index is 2.28. The number of rotatable bonds is 4. The van der Waals surface area contributed by atoms with Gasteiger partial charge in [-0.3, -0.25) is 0 Å². The van der Waals surface area contributed by atoms with E-state index in [4.69, 9.17) is 18.0 Å². The number of thiocarbonyl (C=S) groups is 1. The molecule has 0 aliphatic carbocycles. The molecule has 2 N–H and O–H groups in total. The summed E-state index contributed by atoms with van der Waals surface area (Å²) >= 11 is 4.99. The second-order valence-corrected chi connectivity index (χ2v) is 5.30. The first-order valence-electron chi connectivity index (χ1n) is 6.33. The highest BCUT2D eigenvalue weighted by Crippen LogP contribution is 2.19. The van der Waals surface area contributed by atoms with E-state index in [-0.39, 0.29) is 10.8 Å². The summed E-state index contributed by atoms with van der Waals surface area (Å²) in [6.07, 6.45) is 0. The number of anilines is 1. The first-order valence-corrected chi connectivity index (χ1v) is 6.74. The molecule has 20 heavy (non-hydrogen) atoms. The van der Waals surface area contributed by atoms with Crippen molar-refractivity contribution < 1.29 is 4.39 Å². The van der Waals surface area contributed by atoms with Crippen LogP contribution in [-0.4, -0.2) is 12.0 Å². The minimum absolute atomic E-state index is 0.220. The molecule has 0 atom stereocenters. The van der Waals surface area contributed by atoms with E-state index in [1.54, 1.807) is 6.07 Å². The highest BCUT2D eigenvalue weighted by atomic mass is 32.1. The smallest absolute Gasteiger partial charge is 0.123 e. The van der Waals surface area contributed by atoms with Gasteiger partial charge < -0.3 is 10.6 Å². The molecule has 0 aliphatic heterocycles. The van der Waals surface area contributed by atoms with Crippen molar-refractivity contribution >= 4 is 22.9 Å². The molecule has 2 aromatic rings. The SMILES string of the molecule is Cc1cccc(N(C)Cc2ccc(F)cc2C(N)=S)c1. The summed E-state index contributed by atoms with van der Waals surface area (Å²) in [4.78, 5) is 2.30. The maximum absolute atomic E-state index is 13.3. The summed E-state index contributed by atoms with van der Waals surface area (Å²) in [6.45, 7) is 2.67. The molecule has 0 aromatic heterocycles. The summed E-state index contributed by atoms with van der Waals surface area (Å²) in [5.41, 5.74) is 9.48. The standard InChI is InChI=1S/C16H17FN2S/c1-11-4-3-5-14(8-11)19(2)10-12-6-7-13(17)9-15(12)16(18)20/h3-9H,10H2,1-2H3,(H2,18,20). The topological polar surface area (TPSA) is 29.3 Å². The molecule has 104 valence electrons. The van der Waals surface area contributed by atoms with Crippen molar-refractivity contribution in [3.05, 3.63) is 65.0 Å². The average molecular weight is 288 g/mol. The lowest BCUT2D eigenvalue weighted by molar-refractivity contribution is 0.626. The minimum Gasteiger partial charge on any atom is -0.389 e. The summed E-state index contributed by atoms with van der Waals surface area (Å²) in [5.74, 6) is -0.324. The number of nitrogens with zero attached hydrogens (tertiary/aromatic N) is 1. The molecule has 0 amide bonds. The molecule has 2 nitrogen and oxygen atoms in total. The van der Waals surface area contributed by atoms with E-state index in [1.807, 2.05) is 19.2 Å². The predicted molar refractivity (Wildman–Crippen MR) is 85.6 cm³/mol. The third-order valence-corrected chi connectivity index (χ3v) is 3.41. The van der Waals surface area contributed by atoms with Gasteiger partial charge in [-0.2, -0.15) is 0 Å². The largest absolute Gasteiger partial charge is 0.389 e. The molecule has 4 heteroatoms. The van der Waals surface area contributed by atoms with Crippen LogP contribution in [-0.2, 0) is 6.54 Å². The zero-order valence-electron chi connectivity index (χ0n) is 11.6. The van der Waals surface area contributed by atoms with Gasteiger partial charge >= 0.3 is 0 Å². The summed E-state index contributed by atoms with van der Waals surface area (Å²) in [6, 6.07) is 12.8. The molecule has 0 spiro atoms. The summed E-state index contributed by atoms with van der Waals surface area (Å²) < 4.78 is 13.3. The molecule has 2 aromatic carbocycles. The van der Waals surface area contributed by atoms with E-state index in [9.17, 15) is 4.39 Å². The minimum atomic E-state index is -0.324. The van der Waals surface area contributed by atoms with Gasteiger partial charge in [0.05, 0.1) is 0 Å². The first-order chi connectivity index (χ1) is 9.47. The van der Waals surface area contributed by atoms with Crippen molar-refractivity contribution in [2.24, 2.45) is 5.73 Å². The second kappa shape index (κ2) is 6.01. The molecule has 0 heterocycles. The number of hydrogen-bond donors (Lipinski definition) is 1. The van der Waals surface area contributed by atoms with Crippen molar-refractivity contribution in [1.29, 1.82) is 0 Å². The van der Waals surface area contributed by atoms with Gasteiger partial charge in [0.25, 0.3) is 0 Å². The number of nitrogens with two attached hydrogens (primary N) is 1. The summed E-state index contributed by atoms with van der Waals surface area (Å²) in [7, 11) is 1.99. The molecule has 0 bridgehead atoms. The Bertz CT molecular complexity index is 640. The third kappa shape index (κ3) is 3.33. The van der Waals surface area contributed by atoms with E-state index in [0.717, 1.165) is 11.3 Å². The fourth-order valence-corrected chi connectivity index (χ4v) is 2.32. The van der Waals surface area contributed by atoms with Crippen LogP contribution in [0.3, 0.4) is 0 Å². The van der Waals surface area contributed by atoms with Crippen LogP contribution in [0.25, 0.3) is 0 Å². The molecule has 0 saturated heterocycles.